The van der Waals surface area contributed by atoms with Crippen LogP contribution in [0.25, 0.3) is 0 Å². The number of hydrogen-bond donors (Lipinski definition) is 1. The van der Waals surface area contributed by atoms with Crippen LogP contribution in [0.4, 0.5) is 16.2 Å². The van der Waals surface area contributed by atoms with Crippen LogP contribution < -0.4 is 10.2 Å². The van der Waals surface area contributed by atoms with Crippen LogP contribution in [0.5, 0.6) is 0 Å². The predicted octanol–water partition coefficient (Wildman–Crippen LogP) is 5.21. The predicted molar refractivity (Wildman–Crippen MR) is 115 cm³/mol. The fraction of sp³-hybridized carbons (Fsp3) is 0.318. The van der Waals surface area contributed by atoms with Crippen LogP contribution in [0.1, 0.15) is 36.5 Å². The molecule has 0 saturated heterocycles. The number of benzene rings is 2. The fourth-order valence-corrected chi connectivity index (χ4v) is 3.80. The van der Waals surface area contributed by atoms with Crippen molar-refractivity contribution in [3.05, 3.63) is 70.8 Å². The van der Waals surface area contributed by atoms with Crippen molar-refractivity contribution < 1.29 is 4.79 Å². The highest BCUT2D eigenvalue weighted by Crippen LogP contribution is 2.24. The topological polar surface area (TPSA) is 63.1 Å². The summed E-state index contributed by atoms with van der Waals surface area (Å²) in [6, 6.07) is 14.7. The molecule has 2 amide bonds. The molecule has 29 heavy (non-hydrogen) atoms. The number of aryl methyl sites for hydroxylation is 3. The minimum absolute atomic E-state index is 0.244. The molecule has 7 heteroatoms. The fourth-order valence-electron chi connectivity index (χ4n) is 3.61. The Labute approximate surface area is 175 Å². The highest BCUT2D eigenvalue weighted by molar-refractivity contribution is 6.30. The number of nitrogens with one attached hydrogen (secondary N) is 1. The number of carbonyl (C=O) groups excluding carboxylic acids is 1. The number of nitrogens with zero attached hydrogens (tertiary/aromatic N) is 4. The molecule has 4 rings (SSSR count). The van der Waals surface area contributed by atoms with Crippen molar-refractivity contribution in [2.45, 2.75) is 45.7 Å². The second kappa shape index (κ2) is 8.66. The van der Waals surface area contributed by atoms with E-state index in [1.807, 2.05) is 48.0 Å². The van der Waals surface area contributed by atoms with Gasteiger partial charge >= 0.3 is 6.03 Å². The third-order valence-corrected chi connectivity index (χ3v) is 5.32. The quantitative estimate of drug-likeness (QED) is 0.643. The SMILES string of the molecule is Cc1ccccc1N(Cc1nc2n(n1)CCCCC2)C(=O)Nc1cccc(Cl)c1. The smallest absolute Gasteiger partial charge is 0.307 e. The van der Waals surface area contributed by atoms with Crippen molar-refractivity contribution in [1.29, 1.82) is 0 Å². The van der Waals surface area contributed by atoms with Gasteiger partial charge in [-0.2, -0.15) is 5.10 Å². The van der Waals surface area contributed by atoms with E-state index in [-0.39, 0.29) is 6.03 Å². The Bertz CT molecular complexity index is 992. The Hall–Kier alpha value is -2.86. The molecule has 1 N–H and O–H groups in total. The molecule has 0 fully saturated rings. The third kappa shape index (κ3) is 4.59. The maximum Gasteiger partial charge on any atom is 0.326 e. The molecule has 2 aromatic carbocycles. The average molecular weight is 410 g/mol. The van der Waals surface area contributed by atoms with Gasteiger partial charge in [0, 0.05) is 29.4 Å². The minimum atomic E-state index is -0.244. The molecular weight excluding hydrogens is 386 g/mol. The summed E-state index contributed by atoms with van der Waals surface area (Å²) in [5.41, 5.74) is 2.49. The Morgan fingerprint density at radius 3 is 2.86 bits per heavy atom. The second-order valence-corrected chi connectivity index (χ2v) is 7.73. The molecule has 0 saturated carbocycles. The van der Waals surface area contributed by atoms with Gasteiger partial charge < -0.3 is 5.32 Å². The summed E-state index contributed by atoms with van der Waals surface area (Å²) in [5.74, 6) is 1.67. The van der Waals surface area contributed by atoms with Crippen molar-refractivity contribution in [3.8, 4) is 0 Å². The maximum absolute atomic E-state index is 13.2. The molecular formula is C22H24ClN5O. The number of rotatable bonds is 4. The lowest BCUT2D eigenvalue weighted by molar-refractivity contribution is 0.256. The highest BCUT2D eigenvalue weighted by atomic mass is 35.5. The molecule has 0 atom stereocenters. The Morgan fingerprint density at radius 2 is 2.03 bits per heavy atom. The molecule has 0 bridgehead atoms. The van der Waals surface area contributed by atoms with E-state index in [1.54, 1.807) is 17.0 Å². The van der Waals surface area contributed by atoms with Crippen LogP contribution in [0, 0.1) is 6.92 Å². The van der Waals surface area contributed by atoms with Gasteiger partial charge in [0.1, 0.15) is 5.82 Å². The maximum atomic E-state index is 13.2. The molecule has 3 aromatic rings. The summed E-state index contributed by atoms with van der Waals surface area (Å²) >= 11 is 6.06. The normalized spacial score (nSPS) is 13.4. The van der Waals surface area contributed by atoms with Gasteiger partial charge in [-0.15, -0.1) is 0 Å². The molecule has 1 aromatic heterocycles. The first-order chi connectivity index (χ1) is 14.1. The summed E-state index contributed by atoms with van der Waals surface area (Å²) in [5, 5.41) is 8.19. The number of aromatic nitrogens is 3. The molecule has 0 spiro atoms. The van der Waals surface area contributed by atoms with Gasteiger partial charge in [-0.05, 0) is 49.6 Å². The minimum Gasteiger partial charge on any atom is -0.307 e. The van der Waals surface area contributed by atoms with Crippen molar-refractivity contribution in [2.75, 3.05) is 10.2 Å². The van der Waals surface area contributed by atoms with Gasteiger partial charge in [0.2, 0.25) is 0 Å². The lowest BCUT2D eigenvalue weighted by Crippen LogP contribution is -2.35. The zero-order chi connectivity index (χ0) is 20.2. The van der Waals surface area contributed by atoms with Crippen LogP contribution in [-0.4, -0.2) is 20.8 Å². The van der Waals surface area contributed by atoms with Gasteiger partial charge in [0.15, 0.2) is 5.82 Å². The van der Waals surface area contributed by atoms with Crippen LogP contribution in [0.2, 0.25) is 5.02 Å². The van der Waals surface area contributed by atoms with E-state index in [9.17, 15) is 4.79 Å². The zero-order valence-electron chi connectivity index (χ0n) is 16.4. The number of amides is 2. The molecule has 6 nitrogen and oxygen atoms in total. The molecule has 0 aliphatic carbocycles. The number of anilines is 2. The number of carbonyl (C=O) groups is 1. The van der Waals surface area contributed by atoms with Crippen LogP contribution in [0.15, 0.2) is 48.5 Å². The molecule has 1 aliphatic heterocycles. The van der Waals surface area contributed by atoms with Gasteiger partial charge in [-0.25, -0.2) is 14.5 Å². The average Bonchev–Trinajstić information content (AvgIpc) is 2.95. The van der Waals surface area contributed by atoms with E-state index in [1.165, 1.54) is 6.42 Å². The van der Waals surface area contributed by atoms with E-state index < -0.39 is 0 Å². The standard InChI is InChI=1S/C22H24ClN5O/c1-16-8-4-5-11-19(16)27(22(29)24-18-10-7-9-17(23)14-18)15-20-25-21-12-3-2-6-13-28(21)26-20/h4-5,7-11,14H,2-3,6,12-13,15H2,1H3,(H,24,29). The van der Waals surface area contributed by atoms with Gasteiger partial charge in [-0.1, -0.05) is 42.3 Å². The van der Waals surface area contributed by atoms with Crippen LogP contribution >= 0.6 is 11.6 Å². The largest absolute Gasteiger partial charge is 0.326 e. The molecule has 150 valence electrons. The molecule has 0 unspecified atom stereocenters. The number of fused-ring (bicyclic) bond motifs is 1. The highest BCUT2D eigenvalue weighted by Gasteiger charge is 2.22. The van der Waals surface area contributed by atoms with Crippen molar-refractivity contribution in [3.63, 3.8) is 0 Å². The van der Waals surface area contributed by atoms with E-state index in [2.05, 4.69) is 10.4 Å². The number of hydrogen-bond acceptors (Lipinski definition) is 3. The summed E-state index contributed by atoms with van der Waals surface area (Å²) in [4.78, 5) is 19.6. The lowest BCUT2D eigenvalue weighted by Gasteiger charge is -2.23. The zero-order valence-corrected chi connectivity index (χ0v) is 17.2. The first-order valence-corrected chi connectivity index (χ1v) is 10.3. The summed E-state index contributed by atoms with van der Waals surface area (Å²) < 4.78 is 1.99. The molecule has 0 radical (unpaired) electrons. The van der Waals surface area contributed by atoms with Crippen LogP contribution in [-0.2, 0) is 19.5 Å². The summed E-state index contributed by atoms with van der Waals surface area (Å²) in [6.45, 7) is 3.18. The van der Waals surface area contributed by atoms with Gasteiger partial charge in [-0.3, -0.25) is 4.90 Å². The van der Waals surface area contributed by atoms with E-state index in [4.69, 9.17) is 16.6 Å². The summed E-state index contributed by atoms with van der Waals surface area (Å²) in [7, 11) is 0. The lowest BCUT2D eigenvalue weighted by atomic mass is 10.2. The third-order valence-electron chi connectivity index (χ3n) is 5.09. The van der Waals surface area contributed by atoms with Crippen molar-refractivity contribution >= 4 is 29.0 Å². The second-order valence-electron chi connectivity index (χ2n) is 7.29. The monoisotopic (exact) mass is 409 g/mol. The van der Waals surface area contributed by atoms with Crippen molar-refractivity contribution in [2.24, 2.45) is 0 Å². The van der Waals surface area contributed by atoms with E-state index >= 15 is 0 Å². The molecule has 2 heterocycles. The number of para-hydroxylation sites is 1. The van der Waals surface area contributed by atoms with Gasteiger partial charge in [0.05, 0.1) is 6.54 Å². The first kappa shape index (κ1) is 19.5. The number of urea groups is 1. The first-order valence-electron chi connectivity index (χ1n) is 9.92. The van der Waals surface area contributed by atoms with E-state index in [0.717, 1.165) is 42.9 Å². The molecule has 1 aliphatic rings. The van der Waals surface area contributed by atoms with E-state index in [0.29, 0.717) is 23.1 Å². The Kier molecular flexibility index (Phi) is 5.81. The number of halogens is 1. The Morgan fingerprint density at radius 1 is 1.17 bits per heavy atom. The van der Waals surface area contributed by atoms with Crippen molar-refractivity contribution in [1.82, 2.24) is 14.8 Å². The van der Waals surface area contributed by atoms with Gasteiger partial charge in [0.25, 0.3) is 0 Å². The van der Waals surface area contributed by atoms with Crippen LogP contribution in [0.3, 0.4) is 0 Å². The summed E-state index contributed by atoms with van der Waals surface area (Å²) in [6.07, 6.45) is 4.39. The Balaban J connectivity index is 1.62.